The summed E-state index contributed by atoms with van der Waals surface area (Å²) in [5.74, 6) is 1.59. The summed E-state index contributed by atoms with van der Waals surface area (Å²) in [6.07, 6.45) is 6.33. The van der Waals surface area contributed by atoms with Gasteiger partial charge in [-0.15, -0.1) is 11.3 Å². The highest BCUT2D eigenvalue weighted by Crippen LogP contribution is 2.38. The molecule has 1 aromatic heterocycles. The molecule has 1 heterocycles. The lowest BCUT2D eigenvalue weighted by Gasteiger charge is -2.37. The van der Waals surface area contributed by atoms with Crippen molar-refractivity contribution in [3.05, 3.63) is 21.9 Å². The Hall–Kier alpha value is -0.340. The lowest BCUT2D eigenvalue weighted by atomic mass is 9.73. The Morgan fingerprint density at radius 2 is 1.89 bits per heavy atom. The average Bonchev–Trinajstić information content (AvgIpc) is 2.76. The molecule has 102 valence electrons. The third-order valence-electron chi connectivity index (χ3n) is 4.47. The van der Waals surface area contributed by atoms with E-state index in [1.807, 2.05) is 11.3 Å². The monoisotopic (exact) mass is 266 g/mol. The van der Waals surface area contributed by atoms with E-state index in [0.717, 1.165) is 37.5 Å². The average molecular weight is 266 g/mol. The summed E-state index contributed by atoms with van der Waals surface area (Å²) in [7, 11) is 0. The molecule has 1 aromatic rings. The second kappa shape index (κ2) is 5.75. The third-order valence-corrected chi connectivity index (χ3v) is 5.70. The lowest BCUT2D eigenvalue weighted by molar-refractivity contribution is -0.0140. The summed E-state index contributed by atoms with van der Waals surface area (Å²) < 4.78 is 0. The Balaban J connectivity index is 1.93. The van der Waals surface area contributed by atoms with Gasteiger partial charge in [0.05, 0.1) is 5.60 Å². The van der Waals surface area contributed by atoms with Crippen molar-refractivity contribution >= 4 is 11.3 Å². The van der Waals surface area contributed by atoms with Crippen LogP contribution in [0.5, 0.6) is 0 Å². The largest absolute Gasteiger partial charge is 0.390 e. The fraction of sp³-hybridized carbons (Fsp3) is 0.750. The minimum Gasteiger partial charge on any atom is -0.390 e. The minimum atomic E-state index is -0.429. The van der Waals surface area contributed by atoms with Gasteiger partial charge < -0.3 is 5.11 Å². The van der Waals surface area contributed by atoms with E-state index in [1.165, 1.54) is 22.6 Å². The molecule has 1 fully saturated rings. The van der Waals surface area contributed by atoms with E-state index < -0.39 is 5.60 Å². The van der Waals surface area contributed by atoms with Crippen LogP contribution in [0.15, 0.2) is 12.1 Å². The molecule has 1 N–H and O–H groups in total. The van der Waals surface area contributed by atoms with E-state index in [4.69, 9.17) is 0 Å². The molecule has 2 heteroatoms. The number of thiophene rings is 1. The van der Waals surface area contributed by atoms with Crippen LogP contribution < -0.4 is 0 Å². The van der Waals surface area contributed by atoms with Gasteiger partial charge in [0.25, 0.3) is 0 Å². The van der Waals surface area contributed by atoms with Crippen LogP contribution in [0.25, 0.3) is 0 Å². The van der Waals surface area contributed by atoms with Crippen molar-refractivity contribution in [2.45, 2.75) is 64.9 Å². The number of aryl methyl sites for hydroxylation is 1. The van der Waals surface area contributed by atoms with E-state index >= 15 is 0 Å². The van der Waals surface area contributed by atoms with Crippen molar-refractivity contribution in [2.24, 2.45) is 11.8 Å². The molecule has 0 aliphatic heterocycles. The summed E-state index contributed by atoms with van der Waals surface area (Å²) >= 11 is 1.87. The molecular formula is C16H26OS. The van der Waals surface area contributed by atoms with Crippen LogP contribution in [0, 0.1) is 11.8 Å². The number of hydrogen-bond donors (Lipinski definition) is 1. The maximum atomic E-state index is 10.7. The molecule has 1 saturated carbocycles. The predicted octanol–water partition coefficient (Wildman–Crippen LogP) is 4.43. The van der Waals surface area contributed by atoms with Gasteiger partial charge in [-0.1, -0.05) is 20.8 Å². The van der Waals surface area contributed by atoms with Crippen LogP contribution >= 0.6 is 11.3 Å². The zero-order chi connectivity index (χ0) is 13.2. The molecule has 0 unspecified atom stereocenters. The maximum absolute atomic E-state index is 10.7. The van der Waals surface area contributed by atoms with E-state index in [2.05, 4.69) is 32.9 Å². The fourth-order valence-electron chi connectivity index (χ4n) is 3.05. The molecule has 1 aliphatic rings. The molecule has 18 heavy (non-hydrogen) atoms. The van der Waals surface area contributed by atoms with Crippen molar-refractivity contribution in [1.82, 2.24) is 0 Å². The van der Waals surface area contributed by atoms with Crippen molar-refractivity contribution in [1.29, 1.82) is 0 Å². The van der Waals surface area contributed by atoms with Gasteiger partial charge in [-0.25, -0.2) is 0 Å². The van der Waals surface area contributed by atoms with Gasteiger partial charge in [0.15, 0.2) is 0 Å². The lowest BCUT2D eigenvalue weighted by Crippen LogP contribution is -2.37. The summed E-state index contributed by atoms with van der Waals surface area (Å²) in [5.41, 5.74) is -0.429. The first-order chi connectivity index (χ1) is 8.52. The number of aliphatic hydroxyl groups is 1. The molecule has 0 radical (unpaired) electrons. The predicted molar refractivity (Wildman–Crippen MR) is 79.1 cm³/mol. The SMILES string of the molecule is CCc1ccc(CC2(O)CCC(C(C)C)CC2)s1. The zero-order valence-corrected chi connectivity index (χ0v) is 12.7. The molecule has 0 atom stereocenters. The highest BCUT2D eigenvalue weighted by Gasteiger charge is 2.34. The third kappa shape index (κ3) is 3.36. The topological polar surface area (TPSA) is 20.2 Å². The number of rotatable bonds is 4. The maximum Gasteiger partial charge on any atom is 0.0696 e. The van der Waals surface area contributed by atoms with Gasteiger partial charge in [0.2, 0.25) is 0 Å². The van der Waals surface area contributed by atoms with E-state index in [-0.39, 0.29) is 0 Å². The fourth-order valence-corrected chi connectivity index (χ4v) is 4.15. The van der Waals surface area contributed by atoms with Crippen molar-refractivity contribution in [2.75, 3.05) is 0 Å². The van der Waals surface area contributed by atoms with Crippen LogP contribution in [0.3, 0.4) is 0 Å². The second-order valence-electron chi connectivity index (χ2n) is 6.20. The van der Waals surface area contributed by atoms with Crippen LogP contribution in [-0.4, -0.2) is 10.7 Å². The van der Waals surface area contributed by atoms with Crippen molar-refractivity contribution < 1.29 is 5.11 Å². The van der Waals surface area contributed by atoms with Crippen LogP contribution in [0.4, 0.5) is 0 Å². The highest BCUT2D eigenvalue weighted by atomic mass is 32.1. The molecule has 0 bridgehead atoms. The zero-order valence-electron chi connectivity index (χ0n) is 11.9. The molecular weight excluding hydrogens is 240 g/mol. The first-order valence-corrected chi connectivity index (χ1v) is 8.14. The Kier molecular flexibility index (Phi) is 4.50. The summed E-state index contributed by atoms with van der Waals surface area (Å²) in [5, 5.41) is 10.7. The van der Waals surface area contributed by atoms with Crippen molar-refractivity contribution in [3.8, 4) is 0 Å². The summed E-state index contributed by atoms with van der Waals surface area (Å²) in [6.45, 7) is 6.81. The van der Waals surface area contributed by atoms with Gasteiger partial charge in [0.1, 0.15) is 0 Å². The first-order valence-electron chi connectivity index (χ1n) is 7.32. The van der Waals surface area contributed by atoms with Crippen molar-refractivity contribution in [3.63, 3.8) is 0 Å². The molecule has 1 nitrogen and oxygen atoms in total. The second-order valence-corrected chi connectivity index (χ2v) is 7.46. The number of hydrogen-bond acceptors (Lipinski definition) is 2. The van der Waals surface area contributed by atoms with E-state index in [1.54, 1.807) is 0 Å². The Labute approximate surface area is 115 Å². The molecule has 0 spiro atoms. The molecule has 0 amide bonds. The van der Waals surface area contributed by atoms with E-state index in [9.17, 15) is 5.11 Å². The minimum absolute atomic E-state index is 0.429. The summed E-state index contributed by atoms with van der Waals surface area (Å²) in [6, 6.07) is 4.42. The molecule has 0 saturated heterocycles. The Morgan fingerprint density at radius 3 is 2.39 bits per heavy atom. The van der Waals surface area contributed by atoms with Crippen LogP contribution in [0.2, 0.25) is 0 Å². The first kappa shape index (κ1) is 14.1. The van der Waals surface area contributed by atoms with E-state index in [0.29, 0.717) is 0 Å². The van der Waals surface area contributed by atoms with Gasteiger partial charge in [-0.2, -0.15) is 0 Å². The Morgan fingerprint density at radius 1 is 1.28 bits per heavy atom. The normalized spacial score (nSPS) is 28.8. The Bertz CT molecular complexity index is 372. The van der Waals surface area contributed by atoms with Gasteiger partial charge in [0, 0.05) is 16.2 Å². The van der Waals surface area contributed by atoms with Gasteiger partial charge in [-0.3, -0.25) is 0 Å². The molecule has 1 aliphatic carbocycles. The molecule has 0 aromatic carbocycles. The van der Waals surface area contributed by atoms with Gasteiger partial charge in [-0.05, 0) is 56.1 Å². The molecule has 2 rings (SSSR count). The standard InChI is InChI=1S/C16H26OS/c1-4-14-5-6-15(18-14)11-16(17)9-7-13(8-10-16)12(2)3/h5-6,12-13,17H,4,7-11H2,1-3H3. The quantitative estimate of drug-likeness (QED) is 0.854. The van der Waals surface area contributed by atoms with Gasteiger partial charge >= 0.3 is 0 Å². The highest BCUT2D eigenvalue weighted by molar-refractivity contribution is 7.12. The van der Waals surface area contributed by atoms with Crippen LogP contribution in [0.1, 0.15) is 56.2 Å². The smallest absolute Gasteiger partial charge is 0.0696 e. The van der Waals surface area contributed by atoms with Crippen LogP contribution in [-0.2, 0) is 12.8 Å². The summed E-state index contributed by atoms with van der Waals surface area (Å²) in [4.78, 5) is 2.79.